The van der Waals surface area contributed by atoms with Gasteiger partial charge in [-0.15, -0.1) is 0 Å². The van der Waals surface area contributed by atoms with Crippen molar-refractivity contribution in [2.24, 2.45) is 0 Å². The van der Waals surface area contributed by atoms with Crippen LogP contribution in [0.4, 0.5) is 0 Å². The average molecular weight is 306 g/mol. The van der Waals surface area contributed by atoms with Crippen molar-refractivity contribution in [2.45, 2.75) is 43.8 Å². The molecule has 2 aromatic carbocycles. The van der Waals surface area contributed by atoms with Crippen LogP contribution in [0, 0.1) is 0 Å². The van der Waals surface area contributed by atoms with E-state index in [1.807, 2.05) is 0 Å². The van der Waals surface area contributed by atoms with Crippen LogP contribution in [0.1, 0.15) is 42.9 Å². The lowest BCUT2D eigenvalue weighted by molar-refractivity contribution is 0.187. The third-order valence-corrected chi connectivity index (χ3v) is 5.48. The number of benzene rings is 2. The maximum absolute atomic E-state index is 3.79. The first-order valence-electron chi connectivity index (χ1n) is 9.02. The Morgan fingerprint density at radius 1 is 0.826 bits per heavy atom. The maximum Gasteiger partial charge on any atom is 0.0604 e. The molecule has 2 saturated heterocycles. The van der Waals surface area contributed by atoms with Crippen molar-refractivity contribution in [3.8, 4) is 0 Å². The maximum atomic E-state index is 3.79. The van der Waals surface area contributed by atoms with E-state index in [0.29, 0.717) is 18.1 Å². The number of nitrogens with zero attached hydrogens (tertiary/aromatic N) is 1. The molecular formula is C21H26N2. The standard InChI is InChI=1S/C21H26N2/c1-3-9-17(10-4-1)21(18-11-5-2-6-12-18)23-16-14-19-20(23)13-7-8-15-22-19/h1-6,9-12,19-22H,7-8,13-16H2/t19-,20-/m1/s1. The minimum atomic E-state index is 0.382. The molecule has 2 nitrogen and oxygen atoms in total. The molecule has 2 heterocycles. The summed E-state index contributed by atoms with van der Waals surface area (Å²) >= 11 is 0. The smallest absolute Gasteiger partial charge is 0.0604 e. The van der Waals surface area contributed by atoms with Crippen molar-refractivity contribution >= 4 is 0 Å². The lowest BCUT2D eigenvalue weighted by Crippen LogP contribution is -2.42. The van der Waals surface area contributed by atoms with Crippen molar-refractivity contribution in [1.82, 2.24) is 10.2 Å². The Morgan fingerprint density at radius 2 is 1.48 bits per heavy atom. The second-order valence-electron chi connectivity index (χ2n) is 6.87. The van der Waals surface area contributed by atoms with Gasteiger partial charge in [0.25, 0.3) is 0 Å². The van der Waals surface area contributed by atoms with Crippen molar-refractivity contribution in [3.63, 3.8) is 0 Å². The van der Waals surface area contributed by atoms with Gasteiger partial charge in [-0.25, -0.2) is 0 Å². The number of likely N-dealkylation sites (tertiary alicyclic amines) is 1. The Balaban J connectivity index is 1.71. The Labute approximate surface area is 139 Å². The molecule has 2 aliphatic rings. The number of hydrogen-bond donors (Lipinski definition) is 1. The average Bonchev–Trinajstić information content (AvgIpc) is 2.85. The molecule has 0 saturated carbocycles. The van der Waals surface area contributed by atoms with Gasteiger partial charge in [0.1, 0.15) is 0 Å². The topological polar surface area (TPSA) is 15.3 Å². The minimum absolute atomic E-state index is 0.382. The van der Waals surface area contributed by atoms with E-state index in [4.69, 9.17) is 0 Å². The van der Waals surface area contributed by atoms with Crippen molar-refractivity contribution < 1.29 is 0 Å². The van der Waals surface area contributed by atoms with Crippen LogP contribution in [0.2, 0.25) is 0 Å². The highest BCUT2D eigenvalue weighted by Gasteiger charge is 2.39. The van der Waals surface area contributed by atoms with Gasteiger partial charge < -0.3 is 5.32 Å². The molecule has 2 aliphatic heterocycles. The van der Waals surface area contributed by atoms with Crippen LogP contribution in [-0.2, 0) is 0 Å². The van der Waals surface area contributed by atoms with Crippen LogP contribution in [0.3, 0.4) is 0 Å². The summed E-state index contributed by atoms with van der Waals surface area (Å²) in [5, 5.41) is 3.79. The van der Waals surface area contributed by atoms with E-state index in [9.17, 15) is 0 Å². The van der Waals surface area contributed by atoms with Gasteiger partial charge in [0.05, 0.1) is 6.04 Å². The lowest BCUT2D eigenvalue weighted by Gasteiger charge is -2.35. The van der Waals surface area contributed by atoms with E-state index in [1.54, 1.807) is 0 Å². The molecule has 0 unspecified atom stereocenters. The van der Waals surface area contributed by atoms with Gasteiger partial charge in [0, 0.05) is 18.6 Å². The molecule has 2 aromatic rings. The third-order valence-electron chi connectivity index (χ3n) is 5.48. The zero-order valence-corrected chi connectivity index (χ0v) is 13.7. The van der Waals surface area contributed by atoms with Crippen LogP contribution >= 0.6 is 0 Å². The molecule has 23 heavy (non-hydrogen) atoms. The fraction of sp³-hybridized carbons (Fsp3) is 0.429. The van der Waals surface area contributed by atoms with Gasteiger partial charge >= 0.3 is 0 Å². The summed E-state index contributed by atoms with van der Waals surface area (Å²) in [6, 6.07) is 23.8. The SMILES string of the molecule is c1ccc(C(c2ccccc2)N2CC[C@H]3NCCCC[C@H]32)cc1. The number of nitrogens with one attached hydrogen (secondary N) is 1. The molecule has 0 aliphatic carbocycles. The van der Waals surface area contributed by atoms with E-state index in [1.165, 1.54) is 49.9 Å². The summed E-state index contributed by atoms with van der Waals surface area (Å²) < 4.78 is 0. The summed E-state index contributed by atoms with van der Waals surface area (Å²) in [7, 11) is 0. The van der Waals surface area contributed by atoms with Crippen molar-refractivity contribution in [3.05, 3.63) is 71.8 Å². The minimum Gasteiger partial charge on any atom is -0.312 e. The number of rotatable bonds is 3. The fourth-order valence-corrected chi connectivity index (χ4v) is 4.42. The highest BCUT2D eigenvalue weighted by molar-refractivity contribution is 5.32. The highest BCUT2D eigenvalue weighted by atomic mass is 15.2. The zero-order valence-electron chi connectivity index (χ0n) is 13.7. The van der Waals surface area contributed by atoms with Gasteiger partial charge in [0.2, 0.25) is 0 Å². The zero-order chi connectivity index (χ0) is 15.5. The first-order chi connectivity index (χ1) is 11.4. The molecular weight excluding hydrogens is 280 g/mol. The van der Waals surface area contributed by atoms with Crippen LogP contribution < -0.4 is 5.32 Å². The van der Waals surface area contributed by atoms with Crippen molar-refractivity contribution in [1.29, 1.82) is 0 Å². The predicted molar refractivity (Wildman–Crippen MR) is 95.5 cm³/mol. The fourth-order valence-electron chi connectivity index (χ4n) is 4.42. The summed E-state index contributed by atoms with van der Waals surface area (Å²) in [5.41, 5.74) is 2.84. The Kier molecular flexibility index (Phi) is 4.45. The van der Waals surface area contributed by atoms with Gasteiger partial charge in [-0.3, -0.25) is 4.90 Å². The van der Waals surface area contributed by atoms with E-state index in [-0.39, 0.29) is 0 Å². The normalized spacial score (nSPS) is 25.3. The van der Waals surface area contributed by atoms with E-state index in [2.05, 4.69) is 70.9 Å². The Hall–Kier alpha value is -1.64. The van der Waals surface area contributed by atoms with Crippen LogP contribution in [0.15, 0.2) is 60.7 Å². The summed E-state index contributed by atoms with van der Waals surface area (Å²) in [4.78, 5) is 2.76. The number of fused-ring (bicyclic) bond motifs is 1. The Morgan fingerprint density at radius 3 is 2.13 bits per heavy atom. The number of hydrogen-bond acceptors (Lipinski definition) is 2. The first kappa shape index (κ1) is 14.9. The Bertz CT molecular complexity index is 571. The van der Waals surface area contributed by atoms with E-state index < -0.39 is 0 Å². The summed E-state index contributed by atoms with van der Waals surface area (Å²) in [6.45, 7) is 2.38. The first-order valence-corrected chi connectivity index (χ1v) is 9.02. The second kappa shape index (κ2) is 6.86. The molecule has 0 spiro atoms. The van der Waals surface area contributed by atoms with Crippen LogP contribution in [-0.4, -0.2) is 30.1 Å². The molecule has 2 atom stereocenters. The molecule has 0 amide bonds. The van der Waals surface area contributed by atoms with Gasteiger partial charge in [0.15, 0.2) is 0 Å². The molecule has 2 fully saturated rings. The quantitative estimate of drug-likeness (QED) is 0.922. The second-order valence-corrected chi connectivity index (χ2v) is 6.87. The van der Waals surface area contributed by atoms with Crippen molar-refractivity contribution in [2.75, 3.05) is 13.1 Å². The van der Waals surface area contributed by atoms with Gasteiger partial charge in [-0.2, -0.15) is 0 Å². The third kappa shape index (κ3) is 3.06. The van der Waals surface area contributed by atoms with E-state index >= 15 is 0 Å². The van der Waals surface area contributed by atoms with Crippen LogP contribution in [0.25, 0.3) is 0 Å². The highest BCUT2D eigenvalue weighted by Crippen LogP contribution is 2.37. The molecule has 0 aromatic heterocycles. The molecule has 2 heteroatoms. The van der Waals surface area contributed by atoms with Gasteiger partial charge in [-0.1, -0.05) is 67.1 Å². The predicted octanol–water partition coefficient (Wildman–Crippen LogP) is 3.99. The molecule has 120 valence electrons. The summed E-state index contributed by atoms with van der Waals surface area (Å²) in [6.07, 6.45) is 5.28. The van der Waals surface area contributed by atoms with Crippen LogP contribution in [0.5, 0.6) is 0 Å². The molecule has 1 N–H and O–H groups in total. The molecule has 0 radical (unpaired) electrons. The lowest BCUT2D eigenvalue weighted by atomic mass is 9.95. The largest absolute Gasteiger partial charge is 0.312 e. The van der Waals surface area contributed by atoms with E-state index in [0.717, 1.165) is 0 Å². The molecule has 0 bridgehead atoms. The van der Waals surface area contributed by atoms with Gasteiger partial charge in [-0.05, 0) is 36.9 Å². The molecule has 4 rings (SSSR count). The summed E-state index contributed by atoms with van der Waals surface area (Å²) in [5.74, 6) is 0. The monoisotopic (exact) mass is 306 g/mol.